The van der Waals surface area contributed by atoms with Crippen molar-refractivity contribution in [3.05, 3.63) is 46.3 Å². The van der Waals surface area contributed by atoms with Gasteiger partial charge in [-0.05, 0) is 12.6 Å². The standard InChI is InChI=1S/C18H23N5O3/c1-5-23(10-12-8-19-22(2)9-12)11-17-20-14-7-16(26-4)15(25-3)6-13(14)18(24)21-17/h6-9H,5,10-11H2,1-4H3,(H,20,21,24). The third-order valence-corrected chi connectivity index (χ3v) is 4.24. The van der Waals surface area contributed by atoms with Gasteiger partial charge >= 0.3 is 0 Å². The van der Waals surface area contributed by atoms with E-state index in [1.165, 1.54) is 7.11 Å². The number of nitrogens with one attached hydrogen (secondary N) is 1. The van der Waals surface area contributed by atoms with E-state index in [9.17, 15) is 4.79 Å². The Morgan fingerprint density at radius 1 is 1.19 bits per heavy atom. The third kappa shape index (κ3) is 3.70. The summed E-state index contributed by atoms with van der Waals surface area (Å²) in [5.74, 6) is 1.67. The van der Waals surface area contributed by atoms with Crippen molar-refractivity contribution in [3.8, 4) is 11.5 Å². The fourth-order valence-electron chi connectivity index (χ4n) is 2.89. The van der Waals surface area contributed by atoms with E-state index < -0.39 is 0 Å². The Bertz CT molecular complexity index is 963. The highest BCUT2D eigenvalue weighted by molar-refractivity contribution is 5.81. The van der Waals surface area contributed by atoms with Gasteiger partial charge in [0.1, 0.15) is 5.82 Å². The summed E-state index contributed by atoms with van der Waals surface area (Å²) in [6, 6.07) is 3.38. The van der Waals surface area contributed by atoms with Gasteiger partial charge in [0, 0.05) is 31.4 Å². The van der Waals surface area contributed by atoms with E-state index in [1.54, 1.807) is 23.9 Å². The van der Waals surface area contributed by atoms with Crippen LogP contribution in [0.4, 0.5) is 0 Å². The van der Waals surface area contributed by atoms with Gasteiger partial charge in [0.05, 0.1) is 37.9 Å². The van der Waals surface area contributed by atoms with Gasteiger partial charge in [-0.15, -0.1) is 0 Å². The van der Waals surface area contributed by atoms with Crippen molar-refractivity contribution in [2.75, 3.05) is 20.8 Å². The minimum Gasteiger partial charge on any atom is -0.493 e. The van der Waals surface area contributed by atoms with Gasteiger partial charge in [0.25, 0.3) is 5.56 Å². The van der Waals surface area contributed by atoms with Crippen LogP contribution < -0.4 is 15.0 Å². The second kappa shape index (κ2) is 7.57. The van der Waals surface area contributed by atoms with Crippen LogP contribution in [0.1, 0.15) is 18.3 Å². The molecule has 3 rings (SSSR count). The van der Waals surface area contributed by atoms with E-state index in [2.05, 4.69) is 26.9 Å². The van der Waals surface area contributed by atoms with Crippen molar-refractivity contribution < 1.29 is 9.47 Å². The maximum atomic E-state index is 12.5. The molecule has 0 atom stereocenters. The van der Waals surface area contributed by atoms with Gasteiger partial charge in [-0.2, -0.15) is 5.10 Å². The normalized spacial score (nSPS) is 11.3. The second-order valence-corrected chi connectivity index (χ2v) is 6.06. The molecule has 0 fully saturated rings. The van der Waals surface area contributed by atoms with Crippen molar-refractivity contribution >= 4 is 10.9 Å². The van der Waals surface area contributed by atoms with E-state index in [0.717, 1.165) is 18.7 Å². The highest BCUT2D eigenvalue weighted by Crippen LogP contribution is 2.29. The molecule has 0 aliphatic carbocycles. The molecule has 1 N–H and O–H groups in total. The molecule has 0 saturated carbocycles. The molecule has 0 bridgehead atoms. The number of H-pyrrole nitrogens is 1. The van der Waals surface area contributed by atoms with Crippen LogP contribution in [0.15, 0.2) is 29.3 Å². The van der Waals surface area contributed by atoms with E-state index in [-0.39, 0.29) is 5.56 Å². The fraction of sp³-hybridized carbons (Fsp3) is 0.389. The zero-order valence-corrected chi connectivity index (χ0v) is 15.4. The smallest absolute Gasteiger partial charge is 0.258 e. The number of hydrogen-bond acceptors (Lipinski definition) is 6. The molecule has 0 spiro atoms. The van der Waals surface area contributed by atoms with Crippen LogP contribution in [0.25, 0.3) is 10.9 Å². The monoisotopic (exact) mass is 357 g/mol. The summed E-state index contributed by atoms with van der Waals surface area (Å²) in [6.45, 7) is 4.16. The number of methoxy groups -OCH3 is 2. The molecule has 138 valence electrons. The van der Waals surface area contributed by atoms with Crippen molar-refractivity contribution in [2.45, 2.75) is 20.0 Å². The van der Waals surface area contributed by atoms with Crippen LogP contribution in [0.5, 0.6) is 11.5 Å². The summed E-state index contributed by atoms with van der Waals surface area (Å²) in [6.07, 6.45) is 3.83. The maximum absolute atomic E-state index is 12.5. The number of rotatable bonds is 7. The molecule has 0 unspecified atom stereocenters. The zero-order valence-electron chi connectivity index (χ0n) is 15.4. The second-order valence-electron chi connectivity index (χ2n) is 6.06. The number of aromatic nitrogens is 4. The van der Waals surface area contributed by atoms with Crippen molar-refractivity contribution in [1.82, 2.24) is 24.6 Å². The summed E-state index contributed by atoms with van der Waals surface area (Å²) in [4.78, 5) is 22.1. The average molecular weight is 357 g/mol. The number of nitrogens with zero attached hydrogens (tertiary/aromatic N) is 4. The lowest BCUT2D eigenvalue weighted by molar-refractivity contribution is 0.264. The molecule has 2 aromatic heterocycles. The molecule has 3 aromatic rings. The Labute approximate surface area is 151 Å². The molecule has 0 aliphatic heterocycles. The number of aryl methyl sites for hydroxylation is 1. The van der Waals surface area contributed by atoms with E-state index in [1.807, 2.05) is 19.4 Å². The van der Waals surface area contributed by atoms with Gasteiger partial charge < -0.3 is 14.5 Å². The first-order valence-electron chi connectivity index (χ1n) is 8.38. The van der Waals surface area contributed by atoms with Crippen LogP contribution in [-0.2, 0) is 20.1 Å². The molecule has 0 amide bonds. The number of benzene rings is 1. The summed E-state index contributed by atoms with van der Waals surface area (Å²) >= 11 is 0. The van der Waals surface area contributed by atoms with E-state index >= 15 is 0 Å². The first-order valence-corrected chi connectivity index (χ1v) is 8.38. The van der Waals surface area contributed by atoms with Crippen molar-refractivity contribution in [2.24, 2.45) is 7.05 Å². The van der Waals surface area contributed by atoms with E-state index in [0.29, 0.717) is 34.8 Å². The first kappa shape index (κ1) is 17.9. The molecular formula is C18H23N5O3. The number of aromatic amines is 1. The fourth-order valence-corrected chi connectivity index (χ4v) is 2.89. The van der Waals surface area contributed by atoms with Crippen LogP contribution >= 0.6 is 0 Å². The van der Waals surface area contributed by atoms with Gasteiger partial charge in [-0.25, -0.2) is 4.98 Å². The summed E-state index contributed by atoms with van der Waals surface area (Å²) in [5, 5.41) is 4.67. The van der Waals surface area contributed by atoms with Crippen LogP contribution in [-0.4, -0.2) is 45.4 Å². The largest absolute Gasteiger partial charge is 0.493 e. The SMILES string of the molecule is CCN(Cc1cnn(C)c1)Cc1nc2cc(OC)c(OC)cc2c(=O)[nH]1. The lowest BCUT2D eigenvalue weighted by Gasteiger charge is -2.19. The maximum Gasteiger partial charge on any atom is 0.258 e. The third-order valence-electron chi connectivity index (χ3n) is 4.24. The Kier molecular flexibility index (Phi) is 5.22. The Balaban J connectivity index is 1.90. The van der Waals surface area contributed by atoms with Gasteiger partial charge in [0.15, 0.2) is 11.5 Å². The first-order chi connectivity index (χ1) is 12.5. The van der Waals surface area contributed by atoms with Gasteiger partial charge in [0.2, 0.25) is 0 Å². The van der Waals surface area contributed by atoms with Crippen LogP contribution in [0.2, 0.25) is 0 Å². The molecule has 8 heteroatoms. The number of ether oxygens (including phenoxy) is 2. The lowest BCUT2D eigenvalue weighted by Crippen LogP contribution is -2.25. The Hall–Kier alpha value is -2.87. The predicted molar refractivity (Wildman–Crippen MR) is 98.5 cm³/mol. The molecule has 0 aliphatic rings. The minimum atomic E-state index is -0.191. The van der Waals surface area contributed by atoms with Crippen LogP contribution in [0.3, 0.4) is 0 Å². The zero-order chi connectivity index (χ0) is 18.7. The molecular weight excluding hydrogens is 334 g/mol. The number of hydrogen-bond donors (Lipinski definition) is 1. The Morgan fingerprint density at radius 2 is 1.92 bits per heavy atom. The quantitative estimate of drug-likeness (QED) is 0.693. The minimum absolute atomic E-state index is 0.191. The van der Waals surface area contributed by atoms with Gasteiger partial charge in [-0.1, -0.05) is 6.92 Å². The Morgan fingerprint density at radius 3 is 2.54 bits per heavy atom. The molecule has 0 saturated heterocycles. The number of fused-ring (bicyclic) bond motifs is 1. The highest BCUT2D eigenvalue weighted by Gasteiger charge is 2.13. The molecule has 8 nitrogen and oxygen atoms in total. The predicted octanol–water partition coefficient (Wildman–Crippen LogP) is 1.70. The highest BCUT2D eigenvalue weighted by atomic mass is 16.5. The van der Waals surface area contributed by atoms with Gasteiger partial charge in [-0.3, -0.25) is 14.4 Å². The van der Waals surface area contributed by atoms with Crippen molar-refractivity contribution in [1.29, 1.82) is 0 Å². The average Bonchev–Trinajstić information content (AvgIpc) is 3.04. The lowest BCUT2D eigenvalue weighted by atomic mass is 10.2. The molecule has 0 radical (unpaired) electrons. The molecule has 26 heavy (non-hydrogen) atoms. The summed E-state index contributed by atoms with van der Waals surface area (Å²) < 4.78 is 12.3. The van der Waals surface area contributed by atoms with Crippen LogP contribution in [0, 0.1) is 0 Å². The molecule has 1 aromatic carbocycles. The summed E-state index contributed by atoms with van der Waals surface area (Å²) in [7, 11) is 4.99. The van der Waals surface area contributed by atoms with Crippen molar-refractivity contribution in [3.63, 3.8) is 0 Å². The summed E-state index contributed by atoms with van der Waals surface area (Å²) in [5.41, 5.74) is 1.51. The topological polar surface area (TPSA) is 85.3 Å². The van der Waals surface area contributed by atoms with E-state index in [4.69, 9.17) is 9.47 Å². The molecule has 2 heterocycles.